The number of nitrogens with one attached hydrogen (secondary N) is 1. The van der Waals surface area contributed by atoms with Crippen LogP contribution in [-0.2, 0) is 17.6 Å². The number of carbonyl (C=O) groups is 1. The van der Waals surface area contributed by atoms with E-state index in [4.69, 9.17) is 0 Å². The molecule has 0 saturated heterocycles. The van der Waals surface area contributed by atoms with Crippen LogP contribution in [0.4, 0.5) is 4.39 Å². The summed E-state index contributed by atoms with van der Waals surface area (Å²) in [5, 5.41) is 3.78. The van der Waals surface area contributed by atoms with E-state index in [0.29, 0.717) is 19.4 Å². The van der Waals surface area contributed by atoms with E-state index in [2.05, 4.69) is 15.3 Å². The SMILES string of the molecule is Cc1nc(-c2cccnc2)sc1CC(=O)NCCc1ccc(F)cc1. The van der Waals surface area contributed by atoms with Gasteiger partial charge in [-0.1, -0.05) is 12.1 Å². The van der Waals surface area contributed by atoms with E-state index >= 15 is 0 Å². The molecule has 0 aliphatic rings. The highest BCUT2D eigenvalue weighted by Crippen LogP contribution is 2.27. The number of hydrogen-bond acceptors (Lipinski definition) is 4. The molecule has 0 fully saturated rings. The van der Waals surface area contributed by atoms with Crippen molar-refractivity contribution in [1.82, 2.24) is 15.3 Å². The van der Waals surface area contributed by atoms with Crippen molar-refractivity contribution in [2.24, 2.45) is 0 Å². The van der Waals surface area contributed by atoms with Gasteiger partial charge >= 0.3 is 0 Å². The van der Waals surface area contributed by atoms with Crippen LogP contribution in [0.1, 0.15) is 16.1 Å². The van der Waals surface area contributed by atoms with Crippen LogP contribution in [0, 0.1) is 12.7 Å². The van der Waals surface area contributed by atoms with Gasteiger partial charge in [0.2, 0.25) is 5.91 Å². The number of nitrogens with zero attached hydrogens (tertiary/aromatic N) is 2. The zero-order valence-electron chi connectivity index (χ0n) is 13.8. The maximum absolute atomic E-state index is 12.9. The lowest BCUT2D eigenvalue weighted by Crippen LogP contribution is -2.27. The summed E-state index contributed by atoms with van der Waals surface area (Å²) in [7, 11) is 0. The lowest BCUT2D eigenvalue weighted by atomic mass is 10.1. The molecule has 1 aromatic carbocycles. The van der Waals surface area contributed by atoms with Crippen LogP contribution in [-0.4, -0.2) is 22.4 Å². The minimum absolute atomic E-state index is 0.0356. The number of aromatic nitrogens is 2. The molecule has 0 radical (unpaired) electrons. The minimum Gasteiger partial charge on any atom is -0.355 e. The number of amides is 1. The number of thiazole rings is 1. The largest absolute Gasteiger partial charge is 0.355 e. The molecule has 128 valence electrons. The van der Waals surface area contributed by atoms with Crippen LogP contribution >= 0.6 is 11.3 Å². The number of carbonyl (C=O) groups excluding carboxylic acids is 1. The van der Waals surface area contributed by atoms with Crippen molar-refractivity contribution in [3.8, 4) is 10.6 Å². The van der Waals surface area contributed by atoms with Gasteiger partial charge in [0.05, 0.1) is 12.1 Å². The lowest BCUT2D eigenvalue weighted by molar-refractivity contribution is -0.120. The number of rotatable bonds is 6. The second kappa shape index (κ2) is 7.98. The van der Waals surface area contributed by atoms with Gasteiger partial charge in [-0.2, -0.15) is 0 Å². The fourth-order valence-electron chi connectivity index (χ4n) is 2.41. The standard InChI is InChI=1S/C19H18FN3OS/c1-13-17(25-19(23-13)15-3-2-9-21-12-15)11-18(24)22-10-8-14-4-6-16(20)7-5-14/h2-7,9,12H,8,10-11H2,1H3,(H,22,24). The van der Waals surface area contributed by atoms with Gasteiger partial charge in [0, 0.05) is 29.4 Å². The van der Waals surface area contributed by atoms with Gasteiger partial charge in [-0.05, 0) is 43.2 Å². The lowest BCUT2D eigenvalue weighted by Gasteiger charge is -2.05. The van der Waals surface area contributed by atoms with E-state index in [1.807, 2.05) is 19.1 Å². The van der Waals surface area contributed by atoms with Gasteiger partial charge in [-0.15, -0.1) is 11.3 Å². The van der Waals surface area contributed by atoms with E-state index in [1.54, 1.807) is 24.5 Å². The molecule has 6 heteroatoms. The summed E-state index contributed by atoms with van der Waals surface area (Å²) in [6, 6.07) is 10.1. The molecule has 0 unspecified atom stereocenters. The van der Waals surface area contributed by atoms with Gasteiger partial charge in [0.15, 0.2) is 0 Å². The first kappa shape index (κ1) is 17.2. The Balaban J connectivity index is 1.54. The van der Waals surface area contributed by atoms with Crippen molar-refractivity contribution in [3.63, 3.8) is 0 Å². The van der Waals surface area contributed by atoms with Crippen LogP contribution in [0.25, 0.3) is 10.6 Å². The van der Waals surface area contributed by atoms with Crippen LogP contribution < -0.4 is 5.32 Å². The van der Waals surface area contributed by atoms with Crippen molar-refractivity contribution < 1.29 is 9.18 Å². The van der Waals surface area contributed by atoms with Crippen LogP contribution in [0.2, 0.25) is 0 Å². The second-order valence-electron chi connectivity index (χ2n) is 5.67. The Morgan fingerprint density at radius 2 is 2.04 bits per heavy atom. The quantitative estimate of drug-likeness (QED) is 0.736. The summed E-state index contributed by atoms with van der Waals surface area (Å²) in [5.41, 5.74) is 2.82. The topological polar surface area (TPSA) is 54.9 Å². The predicted molar refractivity (Wildman–Crippen MR) is 96.9 cm³/mol. The first-order valence-electron chi connectivity index (χ1n) is 7.99. The van der Waals surface area contributed by atoms with Crippen molar-refractivity contribution in [1.29, 1.82) is 0 Å². The molecule has 3 rings (SSSR count). The van der Waals surface area contributed by atoms with Crippen LogP contribution in [0.5, 0.6) is 0 Å². The molecule has 1 N–H and O–H groups in total. The zero-order chi connectivity index (χ0) is 17.6. The molecular formula is C19H18FN3OS. The molecular weight excluding hydrogens is 337 g/mol. The maximum Gasteiger partial charge on any atom is 0.225 e. The number of benzene rings is 1. The summed E-state index contributed by atoms with van der Waals surface area (Å²) in [5.74, 6) is -0.288. The molecule has 1 amide bonds. The third kappa shape index (κ3) is 4.70. The normalized spacial score (nSPS) is 10.6. The fourth-order valence-corrected chi connectivity index (χ4v) is 3.46. The monoisotopic (exact) mass is 355 g/mol. The first-order valence-corrected chi connectivity index (χ1v) is 8.81. The van der Waals surface area contributed by atoms with Crippen molar-refractivity contribution in [2.45, 2.75) is 19.8 Å². The molecule has 25 heavy (non-hydrogen) atoms. The van der Waals surface area contributed by atoms with Gasteiger partial charge in [-0.25, -0.2) is 9.37 Å². The average Bonchev–Trinajstić information content (AvgIpc) is 2.98. The van der Waals surface area contributed by atoms with Gasteiger partial charge < -0.3 is 5.32 Å². The Bertz CT molecular complexity index is 847. The highest BCUT2D eigenvalue weighted by atomic mass is 32.1. The first-order chi connectivity index (χ1) is 12.1. The third-order valence-electron chi connectivity index (χ3n) is 3.77. The summed E-state index contributed by atoms with van der Waals surface area (Å²) in [6.45, 7) is 2.44. The summed E-state index contributed by atoms with van der Waals surface area (Å²) in [6.07, 6.45) is 4.48. The highest BCUT2D eigenvalue weighted by molar-refractivity contribution is 7.15. The van der Waals surface area contributed by atoms with Crippen molar-refractivity contribution in [3.05, 3.63) is 70.7 Å². The smallest absolute Gasteiger partial charge is 0.225 e. The number of aryl methyl sites for hydroxylation is 1. The maximum atomic E-state index is 12.9. The van der Waals surface area contributed by atoms with Gasteiger partial charge in [-0.3, -0.25) is 9.78 Å². The molecule has 0 atom stereocenters. The van der Waals surface area contributed by atoms with Gasteiger partial charge in [0.1, 0.15) is 10.8 Å². The molecule has 4 nitrogen and oxygen atoms in total. The predicted octanol–water partition coefficient (Wildman–Crippen LogP) is 3.55. The summed E-state index contributed by atoms with van der Waals surface area (Å²) < 4.78 is 12.9. The Morgan fingerprint density at radius 1 is 1.24 bits per heavy atom. The molecule has 0 bridgehead atoms. The Labute approximate surface area is 149 Å². The third-order valence-corrected chi connectivity index (χ3v) is 4.98. The molecule has 3 aromatic rings. The van der Waals surface area contributed by atoms with E-state index in [9.17, 15) is 9.18 Å². The van der Waals surface area contributed by atoms with Crippen LogP contribution in [0.15, 0.2) is 48.8 Å². The number of hydrogen-bond donors (Lipinski definition) is 1. The second-order valence-corrected chi connectivity index (χ2v) is 6.76. The van der Waals surface area contributed by atoms with E-state index < -0.39 is 0 Å². The molecule has 0 aliphatic carbocycles. The summed E-state index contributed by atoms with van der Waals surface area (Å²) in [4.78, 5) is 21.7. The Morgan fingerprint density at radius 3 is 2.76 bits per heavy atom. The molecule has 0 aliphatic heterocycles. The average molecular weight is 355 g/mol. The molecule has 0 spiro atoms. The number of pyridine rings is 1. The van der Waals surface area contributed by atoms with E-state index in [-0.39, 0.29) is 11.7 Å². The number of halogens is 1. The molecule has 2 heterocycles. The Kier molecular flexibility index (Phi) is 5.50. The highest BCUT2D eigenvalue weighted by Gasteiger charge is 2.13. The minimum atomic E-state index is -0.252. The van der Waals surface area contributed by atoms with Crippen LogP contribution in [0.3, 0.4) is 0 Å². The van der Waals surface area contributed by atoms with Crippen molar-refractivity contribution >= 4 is 17.2 Å². The van der Waals surface area contributed by atoms with E-state index in [1.165, 1.54) is 23.5 Å². The zero-order valence-corrected chi connectivity index (χ0v) is 14.6. The summed E-state index contributed by atoms with van der Waals surface area (Å²) >= 11 is 1.52. The fraction of sp³-hybridized carbons (Fsp3) is 0.211. The van der Waals surface area contributed by atoms with Crippen molar-refractivity contribution in [2.75, 3.05) is 6.54 Å². The van der Waals surface area contributed by atoms with Gasteiger partial charge in [0.25, 0.3) is 0 Å². The Hall–Kier alpha value is -2.60. The molecule has 0 saturated carbocycles. The molecule has 2 aromatic heterocycles. The van der Waals surface area contributed by atoms with E-state index in [0.717, 1.165) is 26.7 Å².